The molecule has 1 unspecified atom stereocenters. The van der Waals surface area contributed by atoms with Gasteiger partial charge in [-0.25, -0.2) is 0 Å². The number of carbonyl (C=O) groups is 3. The van der Waals surface area contributed by atoms with Gasteiger partial charge in [0.15, 0.2) is 0 Å². The summed E-state index contributed by atoms with van der Waals surface area (Å²) in [6, 6.07) is 26.0. The van der Waals surface area contributed by atoms with Crippen molar-refractivity contribution in [1.29, 1.82) is 0 Å². The Morgan fingerprint density at radius 2 is 1.61 bits per heavy atom. The molecular weight excluding hydrogens is 576 g/mol. The molecule has 0 spiro atoms. The van der Waals surface area contributed by atoms with Gasteiger partial charge in [0.25, 0.3) is 11.8 Å². The van der Waals surface area contributed by atoms with Crippen LogP contribution in [-0.2, 0) is 37.4 Å². The molecule has 10 heteroatoms. The zero-order valence-corrected chi connectivity index (χ0v) is 25.4. The van der Waals surface area contributed by atoms with Gasteiger partial charge in [0.05, 0.1) is 31.3 Å². The summed E-state index contributed by atoms with van der Waals surface area (Å²) < 4.78 is 11.8. The summed E-state index contributed by atoms with van der Waals surface area (Å²) in [5.41, 5.74) is 6.73. The number of carbonyl (C=O) groups excluding carboxylic acids is 3. The van der Waals surface area contributed by atoms with Crippen LogP contribution in [0.3, 0.4) is 0 Å². The highest BCUT2D eigenvalue weighted by atomic mass is 32.1. The Morgan fingerprint density at radius 1 is 0.886 bits per heavy atom. The van der Waals surface area contributed by atoms with E-state index in [0.717, 1.165) is 26.8 Å². The lowest BCUT2D eigenvalue weighted by molar-refractivity contribution is -0.133. The van der Waals surface area contributed by atoms with Crippen LogP contribution in [-0.4, -0.2) is 63.3 Å². The van der Waals surface area contributed by atoms with Crippen molar-refractivity contribution in [2.24, 2.45) is 5.73 Å². The highest BCUT2D eigenvalue weighted by Gasteiger charge is 2.47. The minimum atomic E-state index is -1.33. The fourth-order valence-electron chi connectivity index (χ4n) is 5.50. The largest absolute Gasteiger partial charge is 0.378 e. The van der Waals surface area contributed by atoms with Gasteiger partial charge < -0.3 is 31.2 Å². The van der Waals surface area contributed by atoms with Gasteiger partial charge in [0.1, 0.15) is 11.6 Å². The number of benzene rings is 3. The number of nitrogens with two attached hydrogens (primary N) is 1. The van der Waals surface area contributed by atoms with Crippen LogP contribution in [0.1, 0.15) is 32.8 Å². The van der Waals surface area contributed by atoms with Gasteiger partial charge in [-0.1, -0.05) is 72.8 Å². The Kier molecular flexibility index (Phi) is 10.7. The predicted molar refractivity (Wildman–Crippen MR) is 172 cm³/mol. The number of ether oxygens (including phenoxy) is 2. The molecule has 44 heavy (non-hydrogen) atoms. The van der Waals surface area contributed by atoms with Crippen LogP contribution >= 0.6 is 11.3 Å². The van der Waals surface area contributed by atoms with E-state index in [2.05, 4.69) is 16.0 Å². The molecule has 0 saturated heterocycles. The summed E-state index contributed by atoms with van der Waals surface area (Å²) in [6.07, 6.45) is 1.29. The first-order valence-electron chi connectivity index (χ1n) is 14.9. The van der Waals surface area contributed by atoms with E-state index in [9.17, 15) is 14.4 Å². The number of rotatable bonds is 15. The summed E-state index contributed by atoms with van der Waals surface area (Å²) in [4.78, 5) is 42.0. The van der Waals surface area contributed by atoms with Crippen molar-refractivity contribution in [1.82, 2.24) is 16.0 Å². The lowest BCUT2D eigenvalue weighted by atomic mass is 9.89. The number of hydrogen-bond acceptors (Lipinski definition) is 7. The summed E-state index contributed by atoms with van der Waals surface area (Å²) in [7, 11) is 0. The monoisotopic (exact) mass is 614 g/mol. The van der Waals surface area contributed by atoms with Crippen molar-refractivity contribution in [3.8, 4) is 0 Å². The molecule has 3 amide bonds. The minimum Gasteiger partial charge on any atom is -0.378 e. The van der Waals surface area contributed by atoms with Crippen LogP contribution in [0.2, 0.25) is 0 Å². The molecule has 1 aromatic heterocycles. The van der Waals surface area contributed by atoms with E-state index in [4.69, 9.17) is 15.2 Å². The molecule has 2 atom stereocenters. The first-order valence-corrected chi connectivity index (χ1v) is 15.7. The molecule has 5 N–H and O–H groups in total. The van der Waals surface area contributed by atoms with Gasteiger partial charge in [-0.05, 0) is 47.1 Å². The van der Waals surface area contributed by atoms with E-state index in [1.54, 1.807) is 0 Å². The van der Waals surface area contributed by atoms with E-state index >= 15 is 0 Å². The lowest BCUT2D eigenvalue weighted by Crippen LogP contribution is -2.59. The molecule has 230 valence electrons. The molecule has 3 aromatic carbocycles. The maximum Gasteiger partial charge on any atom is 0.262 e. The Balaban J connectivity index is 1.33. The molecule has 1 aliphatic rings. The molecule has 5 rings (SSSR count). The molecule has 0 fully saturated rings. The van der Waals surface area contributed by atoms with Crippen molar-refractivity contribution >= 4 is 39.1 Å². The number of nitrogens with one attached hydrogen (secondary N) is 3. The third-order valence-corrected chi connectivity index (χ3v) is 8.81. The third kappa shape index (κ3) is 7.51. The van der Waals surface area contributed by atoms with Crippen LogP contribution in [0.15, 0.2) is 84.9 Å². The van der Waals surface area contributed by atoms with Crippen molar-refractivity contribution < 1.29 is 23.9 Å². The maximum atomic E-state index is 14.3. The van der Waals surface area contributed by atoms with E-state index in [1.165, 1.54) is 11.3 Å². The topological polar surface area (TPSA) is 132 Å². The number of hydrogen-bond donors (Lipinski definition) is 4. The predicted octanol–water partition coefficient (Wildman–Crippen LogP) is 3.31. The first-order chi connectivity index (χ1) is 21.5. The van der Waals surface area contributed by atoms with Gasteiger partial charge in [-0.2, -0.15) is 0 Å². The van der Waals surface area contributed by atoms with Gasteiger partial charge in [0.2, 0.25) is 5.91 Å². The lowest BCUT2D eigenvalue weighted by Gasteiger charge is -2.32. The van der Waals surface area contributed by atoms with E-state index in [1.807, 2.05) is 84.9 Å². The highest BCUT2D eigenvalue weighted by molar-refractivity contribution is 7.20. The molecular formula is C34H38N4O5S. The second-order valence-electron chi connectivity index (χ2n) is 10.7. The summed E-state index contributed by atoms with van der Waals surface area (Å²) in [5.74, 6) is -1.07. The van der Waals surface area contributed by atoms with E-state index in [0.29, 0.717) is 50.7 Å². The zero-order valence-electron chi connectivity index (χ0n) is 24.6. The van der Waals surface area contributed by atoms with Crippen LogP contribution < -0.4 is 21.7 Å². The summed E-state index contributed by atoms with van der Waals surface area (Å²) >= 11 is 1.39. The second kappa shape index (κ2) is 15.1. The third-order valence-electron chi connectivity index (χ3n) is 7.69. The minimum absolute atomic E-state index is 0.271. The molecule has 1 aliphatic carbocycles. The van der Waals surface area contributed by atoms with Gasteiger partial charge in [-0.15, -0.1) is 11.3 Å². The zero-order chi connectivity index (χ0) is 30.8. The molecule has 1 heterocycles. The fourth-order valence-corrected chi connectivity index (χ4v) is 6.46. The molecule has 0 aliphatic heterocycles. The van der Waals surface area contributed by atoms with Gasteiger partial charge >= 0.3 is 0 Å². The van der Waals surface area contributed by atoms with Gasteiger partial charge in [0, 0.05) is 24.2 Å². The Morgan fingerprint density at radius 3 is 2.41 bits per heavy atom. The quantitative estimate of drug-likeness (QED) is 0.152. The maximum absolute atomic E-state index is 14.3. The fraction of sp³-hybridized carbons (Fsp3) is 0.324. The van der Waals surface area contributed by atoms with Crippen molar-refractivity contribution in [3.05, 3.63) is 106 Å². The smallest absolute Gasteiger partial charge is 0.262 e. The molecule has 9 nitrogen and oxygen atoms in total. The average molecular weight is 615 g/mol. The van der Waals surface area contributed by atoms with Crippen molar-refractivity contribution in [2.45, 2.75) is 30.8 Å². The molecule has 4 aromatic rings. The number of aryl methyl sites for hydroxylation is 1. The Hall–Kier alpha value is -4.09. The standard InChI is InChI=1S/C34H38N4O5S/c35-16-18-42-20-21-43-19-17-36-31(39)28(22-24-8-2-1-3-9-24)37-33(41)34(15-14-25-10-4-6-12-27(25)34)38-32(40)30-23-26-11-5-7-13-29(26)44-30/h1-13,23,28H,14-22,35H2,(H,36,39)(H,37,41)(H,38,40)/t28-,34?/m0/s1. The van der Waals surface area contributed by atoms with Crippen molar-refractivity contribution in [2.75, 3.05) is 39.5 Å². The SMILES string of the molecule is NCCOCCOCCNC(=O)[C@H](Cc1ccccc1)NC(=O)C1(NC(=O)c2cc3ccccc3s2)CCc2ccccc21. The number of amides is 3. The molecule has 0 radical (unpaired) electrons. The normalized spacial score (nSPS) is 16.3. The Bertz CT molecular complexity index is 1540. The number of thiophene rings is 1. The van der Waals surface area contributed by atoms with E-state index in [-0.39, 0.29) is 24.8 Å². The summed E-state index contributed by atoms with van der Waals surface area (Å²) in [5, 5.41) is 9.98. The van der Waals surface area contributed by atoms with E-state index < -0.39 is 17.5 Å². The van der Waals surface area contributed by atoms with Crippen LogP contribution in [0.5, 0.6) is 0 Å². The van der Waals surface area contributed by atoms with Crippen molar-refractivity contribution in [3.63, 3.8) is 0 Å². The first kappa shape index (κ1) is 31.3. The molecule has 0 bridgehead atoms. The average Bonchev–Trinajstić information content (AvgIpc) is 3.65. The highest BCUT2D eigenvalue weighted by Crippen LogP contribution is 2.38. The van der Waals surface area contributed by atoms with Crippen LogP contribution in [0.4, 0.5) is 0 Å². The molecule has 0 saturated carbocycles. The summed E-state index contributed by atoms with van der Waals surface area (Å²) in [6.45, 7) is 2.31. The number of fused-ring (bicyclic) bond motifs is 2. The second-order valence-corrected chi connectivity index (χ2v) is 11.8. The van der Waals surface area contributed by atoms with Crippen LogP contribution in [0, 0.1) is 0 Å². The van der Waals surface area contributed by atoms with Gasteiger partial charge in [-0.3, -0.25) is 14.4 Å². The van der Waals surface area contributed by atoms with Crippen LogP contribution in [0.25, 0.3) is 10.1 Å². The Labute approximate surface area is 261 Å².